The average Bonchev–Trinajstić information content (AvgIpc) is 2.29. The average molecular weight is 264 g/mol. The molecule has 1 fully saturated rings. The van der Waals surface area contributed by atoms with Crippen LogP contribution in [0.5, 0.6) is 0 Å². The number of piperazine rings is 1. The van der Waals surface area contributed by atoms with E-state index in [9.17, 15) is 13.2 Å². The fraction of sp³-hybridized carbons (Fsp3) is 0.889. The third-order valence-electron chi connectivity index (χ3n) is 2.55. The third-order valence-corrected chi connectivity index (χ3v) is 4.16. The van der Waals surface area contributed by atoms with Crippen molar-refractivity contribution in [1.29, 1.82) is 0 Å². The first-order valence-corrected chi connectivity index (χ1v) is 7.20. The van der Waals surface area contributed by atoms with Gasteiger partial charge in [-0.3, -0.25) is 4.79 Å². The molecular weight excluding hydrogens is 244 g/mol. The number of hydrogen-bond donors (Lipinski definition) is 3. The lowest BCUT2D eigenvalue weighted by molar-refractivity contribution is -0.118. The second-order valence-electron chi connectivity index (χ2n) is 3.97. The van der Waals surface area contributed by atoms with E-state index in [1.54, 1.807) is 0 Å². The Labute approximate surface area is 102 Å². The first-order chi connectivity index (χ1) is 8.02. The highest BCUT2D eigenvalue weighted by Crippen LogP contribution is 2.00. The number of primary amides is 1. The molecule has 0 aromatic heterocycles. The van der Waals surface area contributed by atoms with Crippen molar-refractivity contribution in [3.8, 4) is 0 Å². The number of amides is 1. The van der Waals surface area contributed by atoms with Gasteiger partial charge >= 0.3 is 0 Å². The molecule has 1 aliphatic heterocycles. The lowest BCUT2D eigenvalue weighted by Crippen LogP contribution is -2.50. The van der Waals surface area contributed by atoms with Crippen molar-refractivity contribution in [2.75, 3.05) is 32.7 Å². The Kier molecular flexibility index (Phi) is 5.83. The summed E-state index contributed by atoms with van der Waals surface area (Å²) in [5.41, 5.74) is 4.98. The number of carbonyl (C=O) groups is 1. The Hall–Kier alpha value is -0.700. The second kappa shape index (κ2) is 6.90. The highest BCUT2D eigenvalue weighted by atomic mass is 32.2. The van der Waals surface area contributed by atoms with Crippen molar-refractivity contribution in [2.45, 2.75) is 19.3 Å². The lowest BCUT2D eigenvalue weighted by Gasteiger charge is -2.26. The van der Waals surface area contributed by atoms with Crippen molar-refractivity contribution in [2.24, 2.45) is 5.73 Å². The Morgan fingerprint density at radius 2 is 1.94 bits per heavy atom. The van der Waals surface area contributed by atoms with Crippen LogP contribution in [0.4, 0.5) is 0 Å². The molecule has 7 nitrogen and oxygen atoms in total. The first kappa shape index (κ1) is 14.4. The van der Waals surface area contributed by atoms with E-state index in [1.165, 1.54) is 4.31 Å². The van der Waals surface area contributed by atoms with Crippen LogP contribution < -0.4 is 15.8 Å². The van der Waals surface area contributed by atoms with Crippen LogP contribution >= 0.6 is 0 Å². The normalized spacial score (nSPS) is 18.1. The van der Waals surface area contributed by atoms with E-state index in [-0.39, 0.29) is 5.91 Å². The first-order valence-electron chi connectivity index (χ1n) is 5.76. The van der Waals surface area contributed by atoms with Crippen LogP contribution in [0.15, 0.2) is 0 Å². The summed E-state index contributed by atoms with van der Waals surface area (Å²) in [6, 6.07) is 0. The molecule has 0 atom stereocenters. The Bertz CT molecular complexity index is 338. The highest BCUT2D eigenvalue weighted by Gasteiger charge is 2.22. The van der Waals surface area contributed by atoms with Crippen LogP contribution in [0.25, 0.3) is 0 Å². The van der Waals surface area contributed by atoms with Gasteiger partial charge in [0, 0.05) is 39.1 Å². The molecule has 0 aromatic carbocycles. The van der Waals surface area contributed by atoms with Crippen molar-refractivity contribution >= 4 is 16.1 Å². The number of nitrogens with two attached hydrogens (primary N) is 1. The summed E-state index contributed by atoms with van der Waals surface area (Å²) in [5, 5.41) is 3.09. The molecular formula is C9H20N4O3S. The second-order valence-corrected chi connectivity index (χ2v) is 5.73. The van der Waals surface area contributed by atoms with Crippen LogP contribution in [0.2, 0.25) is 0 Å². The van der Waals surface area contributed by atoms with Gasteiger partial charge in [0.25, 0.3) is 10.2 Å². The van der Waals surface area contributed by atoms with Gasteiger partial charge in [0.1, 0.15) is 0 Å². The summed E-state index contributed by atoms with van der Waals surface area (Å²) < 4.78 is 27.5. The van der Waals surface area contributed by atoms with E-state index in [4.69, 9.17) is 5.73 Å². The maximum Gasteiger partial charge on any atom is 0.279 e. The molecule has 0 unspecified atom stereocenters. The molecule has 1 aliphatic rings. The van der Waals surface area contributed by atoms with Crippen molar-refractivity contribution < 1.29 is 13.2 Å². The van der Waals surface area contributed by atoms with Crippen molar-refractivity contribution in [3.63, 3.8) is 0 Å². The van der Waals surface area contributed by atoms with Crippen LogP contribution in [-0.2, 0) is 15.0 Å². The van der Waals surface area contributed by atoms with E-state index < -0.39 is 10.2 Å². The standard InChI is InChI=1S/C9H20N4O3S/c10-9(14)3-1-2-4-12-17(15,16)13-7-5-11-6-8-13/h11-12H,1-8H2,(H2,10,14). The zero-order chi connectivity index (χ0) is 12.7. The molecule has 1 amide bonds. The number of nitrogens with zero attached hydrogens (tertiary/aromatic N) is 1. The van der Waals surface area contributed by atoms with Crippen molar-refractivity contribution in [3.05, 3.63) is 0 Å². The fourth-order valence-corrected chi connectivity index (χ4v) is 2.85. The van der Waals surface area contributed by atoms with Crippen molar-refractivity contribution in [1.82, 2.24) is 14.3 Å². The van der Waals surface area contributed by atoms with Crippen LogP contribution in [0.3, 0.4) is 0 Å². The molecule has 0 aromatic rings. The molecule has 1 heterocycles. The molecule has 17 heavy (non-hydrogen) atoms. The van der Waals surface area contributed by atoms with Crippen LogP contribution in [-0.4, -0.2) is 51.4 Å². The maximum atomic E-state index is 11.8. The Morgan fingerprint density at radius 1 is 1.29 bits per heavy atom. The zero-order valence-corrected chi connectivity index (χ0v) is 10.6. The number of hydrogen-bond acceptors (Lipinski definition) is 4. The summed E-state index contributed by atoms with van der Waals surface area (Å²) in [4.78, 5) is 10.5. The van der Waals surface area contributed by atoms with E-state index in [1.807, 2.05) is 0 Å². The monoisotopic (exact) mass is 264 g/mol. The summed E-state index contributed by atoms with van der Waals surface area (Å²) >= 11 is 0. The number of carbonyl (C=O) groups excluding carboxylic acids is 1. The molecule has 0 aliphatic carbocycles. The molecule has 0 bridgehead atoms. The predicted octanol–water partition coefficient (Wildman–Crippen LogP) is -1.62. The molecule has 0 radical (unpaired) electrons. The molecule has 0 spiro atoms. The molecule has 0 saturated carbocycles. The highest BCUT2D eigenvalue weighted by molar-refractivity contribution is 7.87. The number of unbranched alkanes of at least 4 members (excludes halogenated alkanes) is 1. The van der Waals surface area contributed by atoms with E-state index >= 15 is 0 Å². The number of nitrogens with one attached hydrogen (secondary N) is 2. The molecule has 1 saturated heterocycles. The fourth-order valence-electron chi connectivity index (χ4n) is 1.60. The Balaban J connectivity index is 2.22. The van der Waals surface area contributed by atoms with E-state index in [0.29, 0.717) is 52.0 Å². The summed E-state index contributed by atoms with van der Waals surface area (Å²) in [6.07, 6.45) is 1.53. The largest absolute Gasteiger partial charge is 0.370 e. The SMILES string of the molecule is NC(=O)CCCCNS(=O)(=O)N1CCNCC1. The topological polar surface area (TPSA) is 105 Å². The lowest BCUT2D eigenvalue weighted by atomic mass is 10.2. The molecule has 8 heteroatoms. The van der Waals surface area contributed by atoms with Gasteiger partial charge in [0.15, 0.2) is 0 Å². The zero-order valence-electron chi connectivity index (χ0n) is 9.81. The minimum atomic E-state index is -3.36. The quantitative estimate of drug-likeness (QED) is 0.481. The van der Waals surface area contributed by atoms with Gasteiger partial charge in [0.2, 0.25) is 5.91 Å². The summed E-state index contributed by atoms with van der Waals surface area (Å²) in [7, 11) is -3.36. The maximum absolute atomic E-state index is 11.8. The van der Waals surface area contributed by atoms with Gasteiger partial charge in [-0.1, -0.05) is 0 Å². The van der Waals surface area contributed by atoms with Gasteiger partial charge in [-0.25, -0.2) is 4.72 Å². The van der Waals surface area contributed by atoms with Crippen LogP contribution in [0, 0.1) is 0 Å². The minimum absolute atomic E-state index is 0.301. The third kappa shape index (κ3) is 5.44. The van der Waals surface area contributed by atoms with Gasteiger partial charge in [-0.2, -0.15) is 12.7 Å². The van der Waals surface area contributed by atoms with Gasteiger partial charge in [0.05, 0.1) is 0 Å². The van der Waals surface area contributed by atoms with Gasteiger partial charge in [-0.05, 0) is 12.8 Å². The number of rotatable bonds is 7. The predicted molar refractivity (Wildman–Crippen MR) is 64.4 cm³/mol. The summed E-state index contributed by atoms with van der Waals surface area (Å²) in [6.45, 7) is 2.71. The summed E-state index contributed by atoms with van der Waals surface area (Å²) in [5.74, 6) is -0.352. The van der Waals surface area contributed by atoms with Gasteiger partial charge in [-0.15, -0.1) is 0 Å². The Morgan fingerprint density at radius 3 is 2.53 bits per heavy atom. The smallest absolute Gasteiger partial charge is 0.279 e. The molecule has 4 N–H and O–H groups in total. The van der Waals surface area contributed by atoms with Crippen LogP contribution in [0.1, 0.15) is 19.3 Å². The van der Waals surface area contributed by atoms with Gasteiger partial charge < -0.3 is 11.1 Å². The molecule has 1 rings (SSSR count). The van der Waals surface area contributed by atoms with E-state index in [0.717, 1.165) is 0 Å². The molecule has 100 valence electrons. The minimum Gasteiger partial charge on any atom is -0.370 e. The van der Waals surface area contributed by atoms with E-state index in [2.05, 4.69) is 10.0 Å².